The van der Waals surface area contributed by atoms with Crippen LogP contribution in [-0.4, -0.2) is 14.8 Å². The Morgan fingerprint density at radius 1 is 1.27 bits per heavy atom. The van der Waals surface area contributed by atoms with Crippen molar-refractivity contribution in [2.24, 2.45) is 5.92 Å². The van der Waals surface area contributed by atoms with Crippen molar-refractivity contribution in [3.05, 3.63) is 15.3 Å². The number of rotatable bonds is 1. The van der Waals surface area contributed by atoms with E-state index in [2.05, 4.69) is 17.1 Å². The van der Waals surface area contributed by atoms with E-state index in [1.807, 2.05) is 0 Å². The maximum absolute atomic E-state index is 11.6. The average Bonchev–Trinajstić information content (AvgIpc) is 2.42. The summed E-state index contributed by atoms with van der Waals surface area (Å²) in [6, 6.07) is 0.273. The summed E-state index contributed by atoms with van der Waals surface area (Å²) in [4.78, 5) is 11.6. The molecule has 2 rings (SSSR count). The van der Waals surface area contributed by atoms with Crippen molar-refractivity contribution in [1.29, 1.82) is 0 Å². The van der Waals surface area contributed by atoms with Crippen molar-refractivity contribution >= 4 is 12.2 Å². The monoisotopic (exact) mass is 227 g/mol. The molecular weight excluding hydrogens is 210 g/mol. The van der Waals surface area contributed by atoms with Crippen LogP contribution in [0.5, 0.6) is 0 Å². The Kier molecular flexibility index (Phi) is 3.09. The summed E-state index contributed by atoms with van der Waals surface area (Å²) in [6.45, 7) is 2.21. The zero-order valence-electron chi connectivity index (χ0n) is 8.95. The van der Waals surface area contributed by atoms with Gasteiger partial charge in [0, 0.05) is 6.04 Å². The van der Waals surface area contributed by atoms with Gasteiger partial charge < -0.3 is 0 Å². The number of aromatic nitrogens is 3. The Morgan fingerprint density at radius 2 is 2.00 bits per heavy atom. The number of nitrogens with one attached hydrogen (secondary N) is 2. The molecule has 2 atom stereocenters. The molecule has 1 aromatic heterocycles. The minimum atomic E-state index is -0.0984. The zero-order valence-corrected chi connectivity index (χ0v) is 9.77. The lowest BCUT2D eigenvalue weighted by Crippen LogP contribution is -2.26. The molecule has 15 heavy (non-hydrogen) atoms. The Labute approximate surface area is 93.7 Å². The molecule has 1 saturated carbocycles. The number of hydrogen-bond donors (Lipinski definition) is 2. The molecule has 5 heteroatoms. The van der Waals surface area contributed by atoms with Crippen LogP contribution in [0.1, 0.15) is 45.1 Å². The average molecular weight is 227 g/mol. The number of aromatic amines is 2. The fourth-order valence-corrected chi connectivity index (χ4v) is 2.75. The van der Waals surface area contributed by atoms with E-state index in [1.54, 1.807) is 4.57 Å². The minimum Gasteiger partial charge on any atom is -0.272 e. The van der Waals surface area contributed by atoms with E-state index < -0.39 is 0 Å². The predicted molar refractivity (Wildman–Crippen MR) is 61.5 cm³/mol. The van der Waals surface area contributed by atoms with Crippen LogP contribution >= 0.6 is 12.2 Å². The third-order valence-electron chi connectivity index (χ3n) is 3.36. The quantitative estimate of drug-likeness (QED) is 0.571. The maximum Gasteiger partial charge on any atom is 0.342 e. The summed E-state index contributed by atoms with van der Waals surface area (Å²) in [6.07, 6.45) is 6.00. The number of hydrogen-bond acceptors (Lipinski definition) is 2. The molecule has 1 heterocycles. The predicted octanol–water partition coefficient (Wildman–Crippen LogP) is 2.38. The topological polar surface area (TPSA) is 53.6 Å². The molecule has 2 N–H and O–H groups in total. The molecular formula is C10H17N3OS. The van der Waals surface area contributed by atoms with Crippen LogP contribution in [0, 0.1) is 10.7 Å². The molecule has 4 nitrogen and oxygen atoms in total. The van der Waals surface area contributed by atoms with Gasteiger partial charge in [0.05, 0.1) is 0 Å². The van der Waals surface area contributed by atoms with Gasteiger partial charge in [0.1, 0.15) is 0 Å². The standard InChI is InChI=1S/C10H17N3OS/c1-7-5-3-2-4-6-8(7)13-9(14)11-12-10(13)15/h7-8H,2-6H2,1H3,(H,11,14)(H,12,15). The molecule has 1 aliphatic carbocycles. The molecule has 0 aromatic carbocycles. The first kappa shape index (κ1) is 10.7. The van der Waals surface area contributed by atoms with Crippen molar-refractivity contribution < 1.29 is 0 Å². The van der Waals surface area contributed by atoms with E-state index in [1.165, 1.54) is 25.7 Å². The third kappa shape index (κ3) is 2.07. The van der Waals surface area contributed by atoms with Gasteiger partial charge in [0.25, 0.3) is 0 Å². The van der Waals surface area contributed by atoms with Gasteiger partial charge in [-0.25, -0.2) is 9.89 Å². The second kappa shape index (κ2) is 4.35. The van der Waals surface area contributed by atoms with Gasteiger partial charge in [0.2, 0.25) is 0 Å². The minimum absolute atomic E-state index is 0.0984. The maximum atomic E-state index is 11.6. The lowest BCUT2D eigenvalue weighted by Gasteiger charge is -2.21. The first-order chi connectivity index (χ1) is 7.20. The Balaban J connectivity index is 2.36. The molecule has 0 bridgehead atoms. The van der Waals surface area contributed by atoms with E-state index >= 15 is 0 Å². The molecule has 1 aliphatic rings. The summed E-state index contributed by atoms with van der Waals surface area (Å²) >= 11 is 5.13. The molecule has 0 radical (unpaired) electrons. The van der Waals surface area contributed by atoms with Gasteiger partial charge in [-0.05, 0) is 31.0 Å². The first-order valence-corrected chi connectivity index (χ1v) is 6.00. The summed E-state index contributed by atoms with van der Waals surface area (Å²) in [5.41, 5.74) is -0.0984. The summed E-state index contributed by atoms with van der Waals surface area (Å²) in [5, 5.41) is 5.27. The van der Waals surface area contributed by atoms with Crippen LogP contribution < -0.4 is 5.69 Å². The van der Waals surface area contributed by atoms with E-state index in [0.29, 0.717) is 10.7 Å². The Bertz CT molecular complexity index is 403. The smallest absolute Gasteiger partial charge is 0.272 e. The lowest BCUT2D eigenvalue weighted by molar-refractivity contribution is 0.324. The second-order valence-electron chi connectivity index (χ2n) is 4.41. The molecule has 2 unspecified atom stereocenters. The van der Waals surface area contributed by atoms with E-state index in [9.17, 15) is 4.79 Å². The van der Waals surface area contributed by atoms with Gasteiger partial charge >= 0.3 is 5.69 Å². The highest BCUT2D eigenvalue weighted by atomic mass is 32.1. The molecule has 84 valence electrons. The van der Waals surface area contributed by atoms with Crippen molar-refractivity contribution in [3.63, 3.8) is 0 Å². The Hall–Kier alpha value is -0.840. The van der Waals surface area contributed by atoms with Crippen molar-refractivity contribution in [2.75, 3.05) is 0 Å². The van der Waals surface area contributed by atoms with E-state index in [-0.39, 0.29) is 11.7 Å². The van der Waals surface area contributed by atoms with Crippen molar-refractivity contribution in [2.45, 2.75) is 45.1 Å². The van der Waals surface area contributed by atoms with Crippen LogP contribution in [-0.2, 0) is 0 Å². The summed E-state index contributed by atoms with van der Waals surface area (Å²) < 4.78 is 2.24. The van der Waals surface area contributed by atoms with Gasteiger partial charge in [-0.1, -0.05) is 26.2 Å². The van der Waals surface area contributed by atoms with Gasteiger partial charge in [-0.2, -0.15) is 0 Å². The van der Waals surface area contributed by atoms with E-state index in [4.69, 9.17) is 12.2 Å². The molecule has 1 fully saturated rings. The van der Waals surface area contributed by atoms with Crippen molar-refractivity contribution in [3.8, 4) is 0 Å². The molecule has 0 spiro atoms. The van der Waals surface area contributed by atoms with Crippen LogP contribution in [0.15, 0.2) is 4.79 Å². The second-order valence-corrected chi connectivity index (χ2v) is 4.80. The van der Waals surface area contributed by atoms with Crippen LogP contribution in [0.4, 0.5) is 0 Å². The van der Waals surface area contributed by atoms with Crippen LogP contribution in [0.25, 0.3) is 0 Å². The number of nitrogens with zero attached hydrogens (tertiary/aromatic N) is 1. The highest BCUT2D eigenvalue weighted by molar-refractivity contribution is 7.71. The lowest BCUT2D eigenvalue weighted by atomic mass is 9.97. The zero-order chi connectivity index (χ0) is 10.8. The molecule has 0 saturated heterocycles. The van der Waals surface area contributed by atoms with Crippen LogP contribution in [0.3, 0.4) is 0 Å². The Morgan fingerprint density at radius 3 is 2.67 bits per heavy atom. The summed E-state index contributed by atoms with van der Waals surface area (Å²) in [7, 11) is 0. The molecule has 0 amide bonds. The fourth-order valence-electron chi connectivity index (χ4n) is 2.48. The fraction of sp³-hybridized carbons (Fsp3) is 0.800. The normalized spacial score (nSPS) is 27.5. The van der Waals surface area contributed by atoms with E-state index in [0.717, 1.165) is 6.42 Å². The molecule has 1 aromatic rings. The SMILES string of the molecule is CC1CCCCCC1n1c(=O)[nH][nH]c1=S. The van der Waals surface area contributed by atoms with Crippen LogP contribution in [0.2, 0.25) is 0 Å². The van der Waals surface area contributed by atoms with Gasteiger partial charge in [0.15, 0.2) is 4.77 Å². The number of H-pyrrole nitrogens is 2. The molecule has 0 aliphatic heterocycles. The van der Waals surface area contributed by atoms with Gasteiger partial charge in [-0.15, -0.1) is 0 Å². The van der Waals surface area contributed by atoms with Gasteiger partial charge in [-0.3, -0.25) is 9.67 Å². The largest absolute Gasteiger partial charge is 0.342 e. The summed E-state index contributed by atoms with van der Waals surface area (Å²) in [5.74, 6) is 0.538. The highest BCUT2D eigenvalue weighted by Gasteiger charge is 2.23. The third-order valence-corrected chi connectivity index (χ3v) is 3.66. The van der Waals surface area contributed by atoms with Crippen molar-refractivity contribution in [1.82, 2.24) is 14.8 Å². The first-order valence-electron chi connectivity index (χ1n) is 5.59. The highest BCUT2D eigenvalue weighted by Crippen LogP contribution is 2.31.